The Hall–Kier alpha value is -2.58. The van der Waals surface area contributed by atoms with Crippen molar-refractivity contribution in [1.82, 2.24) is 10.6 Å². The molecule has 3 N–H and O–H groups in total. The van der Waals surface area contributed by atoms with E-state index >= 15 is 0 Å². The van der Waals surface area contributed by atoms with Crippen LogP contribution in [-0.4, -0.2) is 36.1 Å². The number of hydrogen-bond acceptors (Lipinski definition) is 4. The Kier molecular flexibility index (Phi) is 5.43. The number of halogens is 1. The fourth-order valence-electron chi connectivity index (χ4n) is 2.70. The number of benzene rings is 1. The van der Waals surface area contributed by atoms with E-state index in [0.717, 1.165) is 4.88 Å². The summed E-state index contributed by atoms with van der Waals surface area (Å²) in [6.45, 7) is 1.03. The first-order valence-corrected chi connectivity index (χ1v) is 9.12. The van der Waals surface area contributed by atoms with E-state index in [2.05, 4.69) is 10.6 Å². The SMILES string of the molecule is O=C(O)C[C@H](NC(=O)c1cc(N2CCNC2=O)ccc1Cl)c1cccs1. The van der Waals surface area contributed by atoms with Gasteiger partial charge in [-0.15, -0.1) is 11.3 Å². The van der Waals surface area contributed by atoms with E-state index in [0.29, 0.717) is 18.8 Å². The maximum atomic E-state index is 12.7. The Bertz CT molecular complexity index is 841. The number of nitrogens with one attached hydrogen (secondary N) is 2. The molecule has 1 aliphatic rings. The molecule has 0 spiro atoms. The smallest absolute Gasteiger partial charge is 0.321 e. The number of carboxylic acids is 1. The van der Waals surface area contributed by atoms with Gasteiger partial charge in [-0.3, -0.25) is 14.5 Å². The van der Waals surface area contributed by atoms with Gasteiger partial charge in [-0.2, -0.15) is 0 Å². The lowest BCUT2D eigenvalue weighted by Crippen LogP contribution is -2.31. The average Bonchev–Trinajstić information content (AvgIpc) is 3.26. The number of carbonyl (C=O) groups is 3. The van der Waals surface area contributed by atoms with Crippen LogP contribution in [0.3, 0.4) is 0 Å². The second-order valence-electron chi connectivity index (χ2n) is 5.69. The third kappa shape index (κ3) is 3.97. The Balaban J connectivity index is 1.84. The molecule has 1 aromatic heterocycles. The summed E-state index contributed by atoms with van der Waals surface area (Å²) in [5, 5.41) is 16.6. The molecule has 1 saturated heterocycles. The lowest BCUT2D eigenvalue weighted by Gasteiger charge is -2.18. The molecule has 2 heterocycles. The van der Waals surface area contributed by atoms with E-state index in [4.69, 9.17) is 16.7 Å². The standard InChI is InChI=1S/C17H16ClN3O4S/c18-12-4-3-10(21-6-5-19-17(21)25)8-11(12)16(24)20-13(9-15(22)23)14-2-1-7-26-14/h1-4,7-8,13H,5-6,9H2,(H,19,25)(H,20,24)(H,22,23)/t13-/m0/s1. The van der Waals surface area contributed by atoms with Crippen LogP contribution in [0.4, 0.5) is 10.5 Å². The minimum atomic E-state index is -1.02. The van der Waals surface area contributed by atoms with Crippen molar-refractivity contribution < 1.29 is 19.5 Å². The molecule has 0 saturated carbocycles. The van der Waals surface area contributed by atoms with Gasteiger partial charge in [0.05, 0.1) is 23.0 Å². The summed E-state index contributed by atoms with van der Waals surface area (Å²) in [4.78, 5) is 37.9. The maximum absolute atomic E-state index is 12.7. The molecule has 2 aromatic rings. The number of hydrogen-bond donors (Lipinski definition) is 3. The molecule has 9 heteroatoms. The molecule has 7 nitrogen and oxygen atoms in total. The van der Waals surface area contributed by atoms with Crippen molar-refractivity contribution in [3.63, 3.8) is 0 Å². The molecule has 0 bridgehead atoms. The van der Waals surface area contributed by atoms with Gasteiger partial charge in [-0.05, 0) is 29.6 Å². The number of thiophene rings is 1. The van der Waals surface area contributed by atoms with Gasteiger partial charge in [0.25, 0.3) is 5.91 Å². The molecule has 136 valence electrons. The number of amides is 3. The third-order valence-corrected chi connectivity index (χ3v) is 5.25. The normalized spacial score (nSPS) is 14.8. The lowest BCUT2D eigenvalue weighted by atomic mass is 10.1. The molecule has 1 aliphatic heterocycles. The van der Waals surface area contributed by atoms with Gasteiger partial charge >= 0.3 is 12.0 Å². The van der Waals surface area contributed by atoms with Crippen LogP contribution in [0.5, 0.6) is 0 Å². The number of aliphatic carboxylic acids is 1. The van der Waals surface area contributed by atoms with Gasteiger partial charge in [0.2, 0.25) is 0 Å². The average molecular weight is 394 g/mol. The van der Waals surface area contributed by atoms with Crippen LogP contribution in [0.1, 0.15) is 27.7 Å². The Morgan fingerprint density at radius 3 is 2.81 bits per heavy atom. The molecule has 3 amide bonds. The van der Waals surface area contributed by atoms with Crippen molar-refractivity contribution in [1.29, 1.82) is 0 Å². The molecule has 3 rings (SSSR count). The van der Waals surface area contributed by atoms with Gasteiger partial charge in [0, 0.05) is 23.7 Å². The highest BCUT2D eigenvalue weighted by Gasteiger charge is 2.25. The summed E-state index contributed by atoms with van der Waals surface area (Å²) in [6, 6.07) is 7.42. The van der Waals surface area contributed by atoms with Crippen LogP contribution in [0.25, 0.3) is 0 Å². The number of nitrogens with zero attached hydrogens (tertiary/aromatic N) is 1. The fraction of sp³-hybridized carbons (Fsp3) is 0.235. The highest BCUT2D eigenvalue weighted by Crippen LogP contribution is 2.27. The zero-order chi connectivity index (χ0) is 18.7. The molecule has 1 aromatic carbocycles. The lowest BCUT2D eigenvalue weighted by molar-refractivity contribution is -0.137. The highest BCUT2D eigenvalue weighted by molar-refractivity contribution is 7.10. The first kappa shape index (κ1) is 18.2. The quantitative estimate of drug-likeness (QED) is 0.702. The Morgan fingerprint density at radius 2 is 2.19 bits per heavy atom. The van der Waals surface area contributed by atoms with Gasteiger partial charge in [-0.1, -0.05) is 17.7 Å². The zero-order valence-electron chi connectivity index (χ0n) is 13.6. The summed E-state index contributed by atoms with van der Waals surface area (Å²) in [5.41, 5.74) is 0.747. The van der Waals surface area contributed by atoms with Crippen LogP contribution in [0.2, 0.25) is 5.02 Å². The molecular weight excluding hydrogens is 378 g/mol. The van der Waals surface area contributed by atoms with Gasteiger partial charge in [-0.25, -0.2) is 4.79 Å². The number of rotatable bonds is 6. The van der Waals surface area contributed by atoms with Crippen molar-refractivity contribution in [3.05, 3.63) is 51.2 Å². The van der Waals surface area contributed by atoms with Crippen molar-refractivity contribution in [2.75, 3.05) is 18.0 Å². The molecule has 1 atom stereocenters. The summed E-state index contributed by atoms with van der Waals surface area (Å²) in [7, 11) is 0. The zero-order valence-corrected chi connectivity index (χ0v) is 15.1. The molecular formula is C17H16ClN3O4S. The second kappa shape index (κ2) is 7.76. The van der Waals surface area contributed by atoms with Crippen LogP contribution < -0.4 is 15.5 Å². The van der Waals surface area contributed by atoms with Gasteiger partial charge in [0.1, 0.15) is 0 Å². The highest BCUT2D eigenvalue weighted by atomic mass is 35.5. The maximum Gasteiger partial charge on any atom is 0.321 e. The molecule has 26 heavy (non-hydrogen) atoms. The summed E-state index contributed by atoms with van der Waals surface area (Å²) in [6.07, 6.45) is -0.238. The number of carbonyl (C=O) groups excluding carboxylic acids is 2. The predicted molar refractivity (Wildman–Crippen MR) is 99.0 cm³/mol. The van der Waals surface area contributed by atoms with Gasteiger partial charge in [0.15, 0.2) is 0 Å². The largest absolute Gasteiger partial charge is 0.481 e. The predicted octanol–water partition coefficient (Wildman–Crippen LogP) is 2.88. The third-order valence-electron chi connectivity index (χ3n) is 3.93. The summed E-state index contributed by atoms with van der Waals surface area (Å²) >= 11 is 7.52. The van der Waals surface area contributed by atoms with E-state index in [9.17, 15) is 14.4 Å². The van der Waals surface area contributed by atoms with Crippen LogP contribution >= 0.6 is 22.9 Å². The van der Waals surface area contributed by atoms with E-state index in [-0.39, 0.29) is 23.0 Å². The molecule has 0 aliphatic carbocycles. The van der Waals surface area contributed by atoms with Crippen molar-refractivity contribution >= 4 is 46.5 Å². The summed E-state index contributed by atoms with van der Waals surface area (Å²) in [5.74, 6) is -1.51. The number of urea groups is 1. The second-order valence-corrected chi connectivity index (χ2v) is 7.07. The van der Waals surface area contributed by atoms with Gasteiger partial charge < -0.3 is 15.7 Å². The first-order chi connectivity index (χ1) is 12.5. The first-order valence-electron chi connectivity index (χ1n) is 7.86. The Labute approximate surface area is 158 Å². The summed E-state index contributed by atoms with van der Waals surface area (Å²) < 4.78 is 0. The fourth-order valence-corrected chi connectivity index (χ4v) is 3.68. The van der Waals surface area contributed by atoms with E-state index in [1.807, 2.05) is 5.38 Å². The molecule has 1 fully saturated rings. The molecule has 0 radical (unpaired) electrons. The Morgan fingerprint density at radius 1 is 1.38 bits per heavy atom. The number of carboxylic acid groups (broad SMARTS) is 1. The van der Waals surface area contributed by atoms with Crippen LogP contribution in [0, 0.1) is 0 Å². The van der Waals surface area contributed by atoms with Crippen molar-refractivity contribution in [2.24, 2.45) is 0 Å². The van der Waals surface area contributed by atoms with Crippen molar-refractivity contribution in [2.45, 2.75) is 12.5 Å². The van der Waals surface area contributed by atoms with E-state index in [1.54, 1.807) is 24.3 Å². The number of anilines is 1. The minimum absolute atomic E-state index is 0.191. The van der Waals surface area contributed by atoms with Crippen LogP contribution in [0.15, 0.2) is 35.7 Å². The van der Waals surface area contributed by atoms with E-state index in [1.165, 1.54) is 22.3 Å². The topological polar surface area (TPSA) is 98.7 Å². The molecule has 0 unspecified atom stereocenters. The van der Waals surface area contributed by atoms with Crippen LogP contribution in [-0.2, 0) is 4.79 Å². The van der Waals surface area contributed by atoms with Crippen molar-refractivity contribution in [3.8, 4) is 0 Å². The minimum Gasteiger partial charge on any atom is -0.481 e. The van der Waals surface area contributed by atoms with E-state index < -0.39 is 17.9 Å². The monoisotopic (exact) mass is 393 g/mol.